The number of carbonyl (C=O) groups is 3. The van der Waals surface area contributed by atoms with Crippen LogP contribution in [0.25, 0.3) is 0 Å². The first-order valence-corrected chi connectivity index (χ1v) is 8.14. The van der Waals surface area contributed by atoms with Crippen LogP contribution >= 0.6 is 0 Å². The Bertz CT molecular complexity index is 703. The molecule has 1 atom stereocenters. The fourth-order valence-electron chi connectivity index (χ4n) is 2.97. The molecule has 1 saturated heterocycles. The predicted octanol–water partition coefficient (Wildman–Crippen LogP) is 2.01. The minimum atomic E-state index is -1.57. The molecule has 26 heavy (non-hydrogen) atoms. The van der Waals surface area contributed by atoms with Crippen molar-refractivity contribution in [1.29, 1.82) is 0 Å². The summed E-state index contributed by atoms with van der Waals surface area (Å²) in [5, 5.41) is 14.0. The van der Waals surface area contributed by atoms with E-state index in [1.807, 2.05) is 0 Å². The van der Waals surface area contributed by atoms with Crippen LogP contribution in [0.5, 0.6) is 0 Å². The van der Waals surface area contributed by atoms with E-state index in [0.717, 1.165) is 12.1 Å². The van der Waals surface area contributed by atoms with Gasteiger partial charge in [-0.1, -0.05) is 0 Å². The molecule has 2 rings (SSSR count). The third kappa shape index (κ3) is 5.21. The van der Waals surface area contributed by atoms with E-state index >= 15 is 0 Å². The maximum atomic E-state index is 13.1. The average molecular weight is 372 g/mol. The van der Waals surface area contributed by atoms with E-state index in [1.165, 1.54) is 0 Å². The number of carboxylic acid groups (broad SMARTS) is 1. The van der Waals surface area contributed by atoms with Gasteiger partial charge in [-0.3, -0.25) is 14.4 Å². The van der Waals surface area contributed by atoms with Crippen LogP contribution in [0.15, 0.2) is 12.1 Å². The van der Waals surface area contributed by atoms with Gasteiger partial charge in [-0.25, -0.2) is 13.2 Å². The summed E-state index contributed by atoms with van der Waals surface area (Å²) in [5.74, 6) is -5.85. The second-order valence-electron chi connectivity index (χ2n) is 6.37. The van der Waals surface area contributed by atoms with Gasteiger partial charge in [0.15, 0.2) is 17.5 Å². The Morgan fingerprint density at radius 2 is 1.77 bits per heavy atom. The van der Waals surface area contributed by atoms with Crippen molar-refractivity contribution >= 4 is 17.8 Å². The lowest BCUT2D eigenvalue weighted by atomic mass is 9.86. The molecule has 9 heteroatoms. The Morgan fingerprint density at radius 1 is 1.15 bits per heavy atom. The molecule has 0 aromatic heterocycles. The molecule has 6 nitrogen and oxygen atoms in total. The number of benzene rings is 1. The minimum absolute atomic E-state index is 0.00601. The van der Waals surface area contributed by atoms with Crippen molar-refractivity contribution in [3.05, 3.63) is 35.1 Å². The normalized spacial score (nSPS) is 19.3. The standard InChI is InChI=1S/C17H19F3N2O4/c18-11-7-10(8-12(19)16(11)20)9-21-13(23)1-4-17(6-3-15(25)26)5-2-14(24)22-17/h7-8H,1-6,9H2,(H,21,23)(H,22,24)(H,25,26)/t17-/m0/s1. The van der Waals surface area contributed by atoms with E-state index in [-0.39, 0.29) is 50.1 Å². The van der Waals surface area contributed by atoms with Crippen LogP contribution in [0.4, 0.5) is 13.2 Å². The monoisotopic (exact) mass is 372 g/mol. The minimum Gasteiger partial charge on any atom is -0.481 e. The second-order valence-corrected chi connectivity index (χ2v) is 6.37. The van der Waals surface area contributed by atoms with Gasteiger partial charge in [0, 0.05) is 31.3 Å². The first-order chi connectivity index (χ1) is 12.2. The molecule has 1 aromatic rings. The summed E-state index contributed by atoms with van der Waals surface area (Å²) in [7, 11) is 0. The molecule has 0 saturated carbocycles. The lowest BCUT2D eigenvalue weighted by molar-refractivity contribution is -0.137. The number of hydrogen-bond donors (Lipinski definition) is 3. The molecular weight excluding hydrogens is 353 g/mol. The number of carboxylic acids is 1. The smallest absolute Gasteiger partial charge is 0.303 e. The quantitative estimate of drug-likeness (QED) is 0.609. The van der Waals surface area contributed by atoms with Gasteiger partial charge in [-0.05, 0) is 37.0 Å². The third-order valence-corrected chi connectivity index (χ3v) is 4.42. The van der Waals surface area contributed by atoms with Crippen LogP contribution < -0.4 is 10.6 Å². The summed E-state index contributed by atoms with van der Waals surface area (Å²) >= 11 is 0. The molecule has 1 fully saturated rings. The molecule has 0 bridgehead atoms. The third-order valence-electron chi connectivity index (χ3n) is 4.42. The Morgan fingerprint density at radius 3 is 2.31 bits per heavy atom. The summed E-state index contributed by atoms with van der Waals surface area (Å²) in [5.41, 5.74) is -0.662. The SMILES string of the molecule is O=C(O)CC[C@]1(CCC(=O)NCc2cc(F)c(F)c(F)c2)CCC(=O)N1. The maximum Gasteiger partial charge on any atom is 0.303 e. The van der Waals surface area contributed by atoms with Crippen molar-refractivity contribution < 1.29 is 32.7 Å². The van der Waals surface area contributed by atoms with Gasteiger partial charge >= 0.3 is 5.97 Å². The van der Waals surface area contributed by atoms with Crippen LogP contribution in [0.2, 0.25) is 0 Å². The number of nitrogens with one attached hydrogen (secondary N) is 2. The summed E-state index contributed by atoms with van der Waals surface area (Å²) < 4.78 is 39.2. The molecule has 1 aromatic carbocycles. The van der Waals surface area contributed by atoms with Gasteiger partial charge in [0.1, 0.15) is 0 Å². The van der Waals surface area contributed by atoms with Crippen molar-refractivity contribution in [2.75, 3.05) is 0 Å². The van der Waals surface area contributed by atoms with Gasteiger partial charge in [0.25, 0.3) is 0 Å². The first-order valence-electron chi connectivity index (χ1n) is 8.14. The molecule has 1 aliphatic heterocycles. The highest BCUT2D eigenvalue weighted by molar-refractivity contribution is 5.80. The van der Waals surface area contributed by atoms with Crippen molar-refractivity contribution in [3.8, 4) is 0 Å². The summed E-state index contributed by atoms with van der Waals surface area (Å²) in [6, 6.07) is 1.59. The zero-order valence-electron chi connectivity index (χ0n) is 13.9. The van der Waals surface area contributed by atoms with Gasteiger partial charge in [-0.15, -0.1) is 0 Å². The highest BCUT2D eigenvalue weighted by Crippen LogP contribution is 2.30. The zero-order chi connectivity index (χ0) is 19.3. The maximum absolute atomic E-state index is 13.1. The van der Waals surface area contributed by atoms with E-state index in [4.69, 9.17) is 5.11 Å². The number of halogens is 3. The van der Waals surface area contributed by atoms with Crippen molar-refractivity contribution in [2.45, 2.75) is 50.6 Å². The van der Waals surface area contributed by atoms with E-state index in [0.29, 0.717) is 6.42 Å². The van der Waals surface area contributed by atoms with E-state index in [2.05, 4.69) is 10.6 Å². The lowest BCUT2D eigenvalue weighted by Gasteiger charge is -2.28. The largest absolute Gasteiger partial charge is 0.481 e. The molecule has 3 N–H and O–H groups in total. The van der Waals surface area contributed by atoms with E-state index < -0.39 is 34.9 Å². The van der Waals surface area contributed by atoms with Crippen LogP contribution in [-0.2, 0) is 20.9 Å². The Balaban J connectivity index is 1.88. The molecule has 0 spiro atoms. The van der Waals surface area contributed by atoms with Gasteiger partial charge in [-0.2, -0.15) is 0 Å². The fourth-order valence-corrected chi connectivity index (χ4v) is 2.97. The summed E-state index contributed by atoms with van der Waals surface area (Å²) in [4.78, 5) is 34.2. The Labute approximate surface area is 147 Å². The number of amides is 2. The Hall–Kier alpha value is -2.58. The summed E-state index contributed by atoms with van der Waals surface area (Å²) in [6.45, 7) is -0.179. The van der Waals surface area contributed by atoms with Crippen LogP contribution in [0.1, 0.15) is 44.1 Å². The molecule has 1 aliphatic rings. The highest BCUT2D eigenvalue weighted by atomic mass is 19.2. The molecule has 0 unspecified atom stereocenters. The van der Waals surface area contributed by atoms with Crippen LogP contribution in [0.3, 0.4) is 0 Å². The molecule has 1 heterocycles. The fraction of sp³-hybridized carbons (Fsp3) is 0.471. The zero-order valence-corrected chi connectivity index (χ0v) is 13.9. The Kier molecular flexibility index (Phi) is 6.23. The molecule has 2 amide bonds. The van der Waals surface area contributed by atoms with Gasteiger partial charge < -0.3 is 15.7 Å². The average Bonchev–Trinajstić information content (AvgIpc) is 2.95. The predicted molar refractivity (Wildman–Crippen MR) is 84.4 cm³/mol. The molecular formula is C17H19F3N2O4. The number of carbonyl (C=O) groups excluding carboxylic acids is 2. The van der Waals surface area contributed by atoms with E-state index in [9.17, 15) is 27.6 Å². The van der Waals surface area contributed by atoms with E-state index in [1.54, 1.807) is 0 Å². The summed E-state index contributed by atoms with van der Waals surface area (Å²) in [6.07, 6.45) is 1.07. The van der Waals surface area contributed by atoms with Gasteiger partial charge in [0.2, 0.25) is 11.8 Å². The first kappa shape index (κ1) is 19.7. The molecule has 0 radical (unpaired) electrons. The van der Waals surface area contributed by atoms with Gasteiger partial charge in [0.05, 0.1) is 0 Å². The number of rotatable bonds is 8. The number of hydrogen-bond acceptors (Lipinski definition) is 3. The van der Waals surface area contributed by atoms with Crippen LogP contribution in [-0.4, -0.2) is 28.4 Å². The highest BCUT2D eigenvalue weighted by Gasteiger charge is 2.37. The molecule has 0 aliphatic carbocycles. The molecule has 142 valence electrons. The van der Waals surface area contributed by atoms with Crippen molar-refractivity contribution in [3.63, 3.8) is 0 Å². The lowest BCUT2D eigenvalue weighted by Crippen LogP contribution is -2.43. The van der Waals surface area contributed by atoms with Crippen molar-refractivity contribution in [2.24, 2.45) is 0 Å². The number of aliphatic carboxylic acids is 1. The van der Waals surface area contributed by atoms with Crippen LogP contribution in [0, 0.1) is 17.5 Å². The van der Waals surface area contributed by atoms with Crippen molar-refractivity contribution in [1.82, 2.24) is 10.6 Å². The second kappa shape index (κ2) is 8.20. The topological polar surface area (TPSA) is 95.5 Å².